The summed E-state index contributed by atoms with van der Waals surface area (Å²) in [6.07, 6.45) is 2.84. The summed E-state index contributed by atoms with van der Waals surface area (Å²) in [5.41, 5.74) is 3.67. The number of nitrogens with zero attached hydrogens (tertiary/aromatic N) is 1. The van der Waals surface area contributed by atoms with Crippen LogP contribution in [0.3, 0.4) is 0 Å². The van der Waals surface area contributed by atoms with E-state index >= 15 is 0 Å². The molecule has 0 aromatic heterocycles. The molecule has 1 unspecified atom stereocenters. The second-order valence-corrected chi connectivity index (χ2v) is 7.73. The maximum atomic E-state index is 12.8. The van der Waals surface area contributed by atoms with Gasteiger partial charge in [-0.2, -0.15) is 0 Å². The van der Waals surface area contributed by atoms with Crippen molar-refractivity contribution in [1.29, 1.82) is 0 Å². The molecule has 1 atom stereocenters. The van der Waals surface area contributed by atoms with E-state index in [0.29, 0.717) is 11.3 Å². The van der Waals surface area contributed by atoms with Crippen LogP contribution in [-0.2, 0) is 4.79 Å². The molecule has 5 nitrogen and oxygen atoms in total. The molecule has 1 aliphatic heterocycles. The number of rotatable bonds is 7. The summed E-state index contributed by atoms with van der Waals surface area (Å²) in [5, 5.41) is 3.12. The molecule has 154 valence electrons. The topological polar surface area (TPSA) is 58.6 Å². The quantitative estimate of drug-likeness (QED) is 0.766. The predicted molar refractivity (Wildman–Crippen MR) is 114 cm³/mol. The van der Waals surface area contributed by atoms with Gasteiger partial charge in [0.2, 0.25) is 0 Å². The Morgan fingerprint density at radius 2 is 1.72 bits per heavy atom. The Labute approximate surface area is 173 Å². The number of aryl methyl sites for hydroxylation is 2. The third kappa shape index (κ3) is 5.37. The third-order valence-electron chi connectivity index (χ3n) is 5.30. The van der Waals surface area contributed by atoms with Gasteiger partial charge in [0.05, 0.1) is 6.04 Å². The second-order valence-electron chi connectivity index (χ2n) is 7.73. The summed E-state index contributed by atoms with van der Waals surface area (Å²) >= 11 is 0. The molecule has 0 bridgehead atoms. The zero-order valence-electron chi connectivity index (χ0n) is 17.5. The Morgan fingerprint density at radius 3 is 2.38 bits per heavy atom. The summed E-state index contributed by atoms with van der Waals surface area (Å²) in [4.78, 5) is 27.0. The Kier molecular flexibility index (Phi) is 6.91. The van der Waals surface area contributed by atoms with E-state index in [9.17, 15) is 9.59 Å². The minimum atomic E-state index is -0.193. The van der Waals surface area contributed by atoms with Crippen molar-refractivity contribution >= 4 is 11.8 Å². The van der Waals surface area contributed by atoms with E-state index in [1.54, 1.807) is 0 Å². The van der Waals surface area contributed by atoms with E-state index in [-0.39, 0.29) is 24.5 Å². The van der Waals surface area contributed by atoms with Crippen molar-refractivity contribution in [2.75, 3.05) is 19.7 Å². The fourth-order valence-electron chi connectivity index (χ4n) is 3.84. The Hall–Kier alpha value is -2.82. The van der Waals surface area contributed by atoms with Crippen LogP contribution in [0.4, 0.5) is 0 Å². The molecule has 0 saturated carbocycles. The second kappa shape index (κ2) is 9.59. The summed E-state index contributed by atoms with van der Waals surface area (Å²) in [6.45, 7) is 7.65. The summed E-state index contributed by atoms with van der Waals surface area (Å²) in [7, 11) is 0. The van der Waals surface area contributed by atoms with Crippen LogP contribution in [0.25, 0.3) is 0 Å². The zero-order valence-corrected chi connectivity index (χ0v) is 17.5. The number of hydrogen-bond donors (Lipinski definition) is 1. The molecule has 0 radical (unpaired) electrons. The van der Waals surface area contributed by atoms with Gasteiger partial charge in [-0.25, -0.2) is 0 Å². The Balaban J connectivity index is 1.71. The van der Waals surface area contributed by atoms with Gasteiger partial charge in [0.15, 0.2) is 6.61 Å². The molecule has 3 rings (SSSR count). The molecule has 2 aromatic carbocycles. The molecular formula is C24H30N2O3. The first-order valence-corrected chi connectivity index (χ1v) is 10.4. The van der Waals surface area contributed by atoms with Gasteiger partial charge in [0.25, 0.3) is 11.8 Å². The van der Waals surface area contributed by atoms with E-state index in [1.165, 1.54) is 0 Å². The molecule has 1 N–H and O–H groups in total. The first kappa shape index (κ1) is 20.9. The highest BCUT2D eigenvalue weighted by Crippen LogP contribution is 2.28. The van der Waals surface area contributed by atoms with Gasteiger partial charge in [-0.3, -0.25) is 9.59 Å². The lowest BCUT2D eigenvalue weighted by atomic mass is 10.0. The maximum absolute atomic E-state index is 12.8. The Bertz CT molecular complexity index is 852. The fourth-order valence-corrected chi connectivity index (χ4v) is 3.84. The lowest BCUT2D eigenvalue weighted by molar-refractivity contribution is -0.132. The van der Waals surface area contributed by atoms with Crippen molar-refractivity contribution in [1.82, 2.24) is 10.2 Å². The molecule has 1 fully saturated rings. The molecule has 2 aromatic rings. The number of amides is 2. The number of carbonyl (C=O) groups excluding carboxylic acids is 2. The van der Waals surface area contributed by atoms with Crippen LogP contribution < -0.4 is 10.1 Å². The standard InChI is InChI=1S/C24H30N2O3/c1-4-21(25-24(28)19-14-17(2)13-18(3)15-19)20-9-5-6-10-22(20)29-16-23(27)26-11-7-8-12-26/h5-6,9-10,13-15,21H,4,7-8,11-12,16H2,1-3H3,(H,25,28). The highest BCUT2D eigenvalue weighted by atomic mass is 16.5. The lowest BCUT2D eigenvalue weighted by Gasteiger charge is -2.22. The number of hydrogen-bond acceptors (Lipinski definition) is 3. The first-order valence-electron chi connectivity index (χ1n) is 10.4. The number of ether oxygens (including phenoxy) is 1. The molecule has 0 spiro atoms. The smallest absolute Gasteiger partial charge is 0.260 e. The van der Waals surface area contributed by atoms with Crippen molar-refractivity contribution in [2.45, 2.75) is 46.1 Å². The van der Waals surface area contributed by atoms with Gasteiger partial charge >= 0.3 is 0 Å². The summed E-state index contributed by atoms with van der Waals surface area (Å²) < 4.78 is 5.88. The molecule has 5 heteroatoms. The van der Waals surface area contributed by atoms with Crippen molar-refractivity contribution < 1.29 is 14.3 Å². The largest absolute Gasteiger partial charge is 0.483 e. The number of likely N-dealkylation sites (tertiary alicyclic amines) is 1. The van der Waals surface area contributed by atoms with Gasteiger partial charge < -0.3 is 15.0 Å². The minimum absolute atomic E-state index is 0.0182. The van der Waals surface area contributed by atoms with E-state index in [4.69, 9.17) is 4.74 Å². The SMILES string of the molecule is CCC(NC(=O)c1cc(C)cc(C)c1)c1ccccc1OCC(=O)N1CCCC1. The van der Waals surface area contributed by atoms with E-state index < -0.39 is 0 Å². The number of para-hydroxylation sites is 1. The fraction of sp³-hybridized carbons (Fsp3) is 0.417. The van der Waals surface area contributed by atoms with E-state index in [1.807, 2.05) is 62.1 Å². The third-order valence-corrected chi connectivity index (χ3v) is 5.30. The van der Waals surface area contributed by atoms with Gasteiger partial charge in [-0.05, 0) is 51.3 Å². The average Bonchev–Trinajstić information content (AvgIpc) is 3.24. The summed E-state index contributed by atoms with van der Waals surface area (Å²) in [5.74, 6) is 0.559. The molecule has 1 aliphatic rings. The zero-order chi connectivity index (χ0) is 20.8. The van der Waals surface area contributed by atoms with Gasteiger partial charge in [0, 0.05) is 24.2 Å². The highest BCUT2D eigenvalue weighted by molar-refractivity contribution is 5.94. The van der Waals surface area contributed by atoms with Crippen LogP contribution in [0.2, 0.25) is 0 Å². The van der Waals surface area contributed by atoms with Crippen LogP contribution in [0, 0.1) is 13.8 Å². The van der Waals surface area contributed by atoms with Crippen molar-refractivity contribution in [3.8, 4) is 5.75 Å². The maximum Gasteiger partial charge on any atom is 0.260 e. The van der Waals surface area contributed by atoms with Crippen molar-refractivity contribution in [2.24, 2.45) is 0 Å². The molecule has 1 heterocycles. The van der Waals surface area contributed by atoms with Crippen molar-refractivity contribution in [3.63, 3.8) is 0 Å². The summed E-state index contributed by atoms with van der Waals surface area (Å²) in [6, 6.07) is 13.3. The minimum Gasteiger partial charge on any atom is -0.483 e. The van der Waals surface area contributed by atoms with Crippen LogP contribution >= 0.6 is 0 Å². The normalized spacial score (nSPS) is 14.5. The van der Waals surface area contributed by atoms with Gasteiger partial charge in [-0.15, -0.1) is 0 Å². The van der Waals surface area contributed by atoms with Crippen LogP contribution in [0.15, 0.2) is 42.5 Å². The van der Waals surface area contributed by atoms with Gasteiger partial charge in [-0.1, -0.05) is 42.3 Å². The molecule has 0 aliphatic carbocycles. The van der Waals surface area contributed by atoms with Crippen molar-refractivity contribution in [3.05, 3.63) is 64.7 Å². The number of benzene rings is 2. The van der Waals surface area contributed by atoms with Crippen LogP contribution in [0.5, 0.6) is 5.75 Å². The number of carbonyl (C=O) groups is 2. The molecule has 1 saturated heterocycles. The monoisotopic (exact) mass is 394 g/mol. The molecule has 29 heavy (non-hydrogen) atoms. The molecular weight excluding hydrogens is 364 g/mol. The Morgan fingerprint density at radius 1 is 1.07 bits per heavy atom. The lowest BCUT2D eigenvalue weighted by Crippen LogP contribution is -2.32. The highest BCUT2D eigenvalue weighted by Gasteiger charge is 2.21. The van der Waals surface area contributed by atoms with Crippen LogP contribution in [-0.4, -0.2) is 36.4 Å². The first-order chi connectivity index (χ1) is 14.0. The van der Waals surface area contributed by atoms with E-state index in [2.05, 4.69) is 11.4 Å². The van der Waals surface area contributed by atoms with Crippen LogP contribution in [0.1, 0.15) is 59.3 Å². The molecule has 2 amide bonds. The van der Waals surface area contributed by atoms with Gasteiger partial charge in [0.1, 0.15) is 5.75 Å². The predicted octanol–water partition coefficient (Wildman–Crippen LogP) is 4.19. The number of nitrogens with one attached hydrogen (secondary N) is 1. The van der Waals surface area contributed by atoms with E-state index in [0.717, 1.165) is 49.0 Å². The average molecular weight is 395 g/mol.